The third-order valence-corrected chi connectivity index (χ3v) is 8.34. The van der Waals surface area contributed by atoms with Gasteiger partial charge in [-0.15, -0.1) is 0 Å². The van der Waals surface area contributed by atoms with E-state index in [1.54, 1.807) is 0 Å². The summed E-state index contributed by atoms with van der Waals surface area (Å²) in [4.78, 5) is 0. The molecule has 0 spiro atoms. The summed E-state index contributed by atoms with van der Waals surface area (Å²) in [6, 6.07) is 8.91. The van der Waals surface area contributed by atoms with Crippen molar-refractivity contribution in [2.45, 2.75) is 145 Å². The molecule has 0 radical (unpaired) electrons. The van der Waals surface area contributed by atoms with Crippen molar-refractivity contribution in [1.29, 1.82) is 0 Å². The molecule has 0 bridgehead atoms. The fourth-order valence-electron chi connectivity index (χ4n) is 5.66. The standard InChI is InChI=1S/C32H56O2/c1-10-13-15-25-16-21-29(24(4)22-25)34-30(23-32(8,9)12-3)33-27-19-17-26(18-20-27)28(14-11-2)31(5,6)7/h17-20,24-25,28-30H,10-16,21-23H2,1-9H3. The van der Waals surface area contributed by atoms with Crippen LogP contribution in [-0.2, 0) is 4.74 Å². The van der Waals surface area contributed by atoms with E-state index in [9.17, 15) is 0 Å². The Labute approximate surface area is 212 Å². The zero-order valence-corrected chi connectivity index (χ0v) is 24.1. The topological polar surface area (TPSA) is 18.5 Å². The van der Waals surface area contributed by atoms with Crippen molar-refractivity contribution in [2.75, 3.05) is 0 Å². The number of unbranched alkanes of at least 4 members (excludes halogenated alkanes) is 1. The van der Waals surface area contributed by atoms with Gasteiger partial charge in [-0.25, -0.2) is 0 Å². The van der Waals surface area contributed by atoms with Crippen LogP contribution in [0, 0.1) is 22.7 Å². The summed E-state index contributed by atoms with van der Waals surface area (Å²) in [5.74, 6) is 3.00. The van der Waals surface area contributed by atoms with Gasteiger partial charge in [0, 0.05) is 6.42 Å². The number of hydrogen-bond donors (Lipinski definition) is 0. The zero-order valence-electron chi connectivity index (χ0n) is 24.1. The number of rotatable bonds is 13. The maximum atomic E-state index is 6.75. The van der Waals surface area contributed by atoms with Gasteiger partial charge in [-0.2, -0.15) is 0 Å². The maximum Gasteiger partial charge on any atom is 0.200 e. The molecule has 1 aromatic carbocycles. The first-order valence-electron chi connectivity index (χ1n) is 14.4. The normalized spacial score (nSPS) is 23.5. The van der Waals surface area contributed by atoms with E-state index in [-0.39, 0.29) is 17.1 Å². The van der Waals surface area contributed by atoms with Crippen molar-refractivity contribution in [3.05, 3.63) is 29.8 Å². The van der Waals surface area contributed by atoms with Gasteiger partial charge in [-0.05, 0) is 72.0 Å². The smallest absolute Gasteiger partial charge is 0.200 e. The lowest BCUT2D eigenvalue weighted by Gasteiger charge is -2.38. The summed E-state index contributed by atoms with van der Waals surface area (Å²) >= 11 is 0. The van der Waals surface area contributed by atoms with E-state index in [1.807, 2.05) is 0 Å². The van der Waals surface area contributed by atoms with E-state index in [4.69, 9.17) is 9.47 Å². The molecule has 34 heavy (non-hydrogen) atoms. The van der Waals surface area contributed by atoms with Crippen LogP contribution in [0.2, 0.25) is 0 Å². The Balaban J connectivity index is 2.10. The van der Waals surface area contributed by atoms with Crippen LogP contribution < -0.4 is 4.74 Å². The van der Waals surface area contributed by atoms with Crippen LogP contribution >= 0.6 is 0 Å². The van der Waals surface area contributed by atoms with Crippen molar-refractivity contribution >= 4 is 0 Å². The Morgan fingerprint density at radius 3 is 2.15 bits per heavy atom. The van der Waals surface area contributed by atoms with Crippen molar-refractivity contribution in [3.8, 4) is 5.75 Å². The molecule has 196 valence electrons. The predicted octanol–water partition coefficient (Wildman–Crippen LogP) is 10.2. The largest absolute Gasteiger partial charge is 0.465 e. The van der Waals surface area contributed by atoms with Gasteiger partial charge in [0.05, 0.1) is 6.10 Å². The first kappa shape index (κ1) is 29.2. The second-order valence-electron chi connectivity index (χ2n) is 13.0. The molecule has 5 atom stereocenters. The molecule has 1 aliphatic carbocycles. The Morgan fingerprint density at radius 2 is 1.62 bits per heavy atom. The monoisotopic (exact) mass is 472 g/mol. The lowest BCUT2D eigenvalue weighted by molar-refractivity contribution is -0.160. The summed E-state index contributed by atoms with van der Waals surface area (Å²) in [6.45, 7) is 21.0. The highest BCUT2D eigenvalue weighted by Gasteiger charge is 2.33. The second-order valence-corrected chi connectivity index (χ2v) is 13.0. The summed E-state index contributed by atoms with van der Waals surface area (Å²) in [7, 11) is 0. The highest BCUT2D eigenvalue weighted by molar-refractivity contribution is 5.30. The molecule has 1 aliphatic rings. The lowest BCUT2D eigenvalue weighted by Crippen LogP contribution is -2.37. The minimum Gasteiger partial charge on any atom is -0.465 e. The SMILES string of the molecule is CCCCC1CCC(OC(CC(C)(C)CC)Oc2ccc(C(CCC)C(C)(C)C)cc2)C(C)C1. The van der Waals surface area contributed by atoms with Crippen molar-refractivity contribution in [1.82, 2.24) is 0 Å². The van der Waals surface area contributed by atoms with Crippen LogP contribution in [0.4, 0.5) is 0 Å². The molecule has 1 aromatic rings. The molecule has 2 heteroatoms. The predicted molar refractivity (Wildman–Crippen MR) is 148 cm³/mol. The summed E-state index contributed by atoms with van der Waals surface area (Å²) in [6.07, 6.45) is 12.4. The highest BCUT2D eigenvalue weighted by atomic mass is 16.7. The third-order valence-electron chi connectivity index (χ3n) is 8.34. The minimum atomic E-state index is -0.186. The van der Waals surface area contributed by atoms with Gasteiger partial charge >= 0.3 is 0 Å². The van der Waals surface area contributed by atoms with Crippen LogP contribution in [0.3, 0.4) is 0 Å². The molecule has 0 aliphatic heterocycles. The molecule has 1 saturated carbocycles. The van der Waals surface area contributed by atoms with Gasteiger partial charge in [-0.1, -0.05) is 107 Å². The average Bonchev–Trinajstić information content (AvgIpc) is 2.77. The second kappa shape index (κ2) is 13.3. The molecule has 0 N–H and O–H groups in total. The molecular formula is C32H56O2. The molecule has 0 heterocycles. The first-order chi connectivity index (χ1) is 16.0. The van der Waals surface area contributed by atoms with Crippen LogP contribution in [0.25, 0.3) is 0 Å². The van der Waals surface area contributed by atoms with Gasteiger partial charge < -0.3 is 9.47 Å². The average molecular weight is 473 g/mol. The van der Waals surface area contributed by atoms with E-state index in [0.29, 0.717) is 17.9 Å². The molecule has 1 fully saturated rings. The van der Waals surface area contributed by atoms with E-state index in [2.05, 4.69) is 86.6 Å². The highest BCUT2D eigenvalue weighted by Crippen LogP contribution is 2.40. The number of hydrogen-bond acceptors (Lipinski definition) is 2. The van der Waals surface area contributed by atoms with Crippen molar-refractivity contribution < 1.29 is 9.47 Å². The van der Waals surface area contributed by atoms with E-state index in [0.717, 1.165) is 24.5 Å². The molecule has 0 saturated heterocycles. The van der Waals surface area contributed by atoms with Crippen LogP contribution in [-0.4, -0.2) is 12.4 Å². The fraction of sp³-hybridized carbons (Fsp3) is 0.812. The quantitative estimate of drug-likeness (QED) is 0.266. The first-order valence-corrected chi connectivity index (χ1v) is 14.4. The molecule has 2 rings (SSSR count). The van der Waals surface area contributed by atoms with Crippen LogP contribution in [0.1, 0.15) is 138 Å². The van der Waals surface area contributed by atoms with Gasteiger partial charge in [0.15, 0.2) is 0 Å². The Bertz CT molecular complexity index is 684. The zero-order chi connectivity index (χ0) is 25.4. The maximum absolute atomic E-state index is 6.75. The van der Waals surface area contributed by atoms with Crippen molar-refractivity contribution in [2.24, 2.45) is 22.7 Å². The Kier molecular flexibility index (Phi) is 11.5. The van der Waals surface area contributed by atoms with Gasteiger partial charge in [-0.3, -0.25) is 0 Å². The molecule has 0 amide bonds. The van der Waals surface area contributed by atoms with Gasteiger partial charge in [0.1, 0.15) is 5.75 Å². The van der Waals surface area contributed by atoms with Crippen molar-refractivity contribution in [3.63, 3.8) is 0 Å². The molecule has 0 aromatic heterocycles. The number of ether oxygens (including phenoxy) is 2. The minimum absolute atomic E-state index is 0.186. The van der Waals surface area contributed by atoms with Gasteiger partial charge in [0.25, 0.3) is 0 Å². The Morgan fingerprint density at radius 1 is 0.941 bits per heavy atom. The lowest BCUT2D eigenvalue weighted by atomic mass is 9.74. The Hall–Kier alpha value is -1.02. The molecule has 2 nitrogen and oxygen atoms in total. The van der Waals surface area contributed by atoms with E-state index < -0.39 is 0 Å². The summed E-state index contributed by atoms with van der Waals surface area (Å²) < 4.78 is 13.3. The van der Waals surface area contributed by atoms with E-state index >= 15 is 0 Å². The molecular weight excluding hydrogens is 416 g/mol. The van der Waals surface area contributed by atoms with Crippen LogP contribution in [0.15, 0.2) is 24.3 Å². The van der Waals surface area contributed by atoms with Gasteiger partial charge in [0.2, 0.25) is 6.29 Å². The number of benzene rings is 1. The molecule has 5 unspecified atom stereocenters. The summed E-state index contributed by atoms with van der Waals surface area (Å²) in [5.41, 5.74) is 1.89. The summed E-state index contributed by atoms with van der Waals surface area (Å²) in [5, 5.41) is 0. The van der Waals surface area contributed by atoms with E-state index in [1.165, 1.54) is 56.9 Å². The fourth-order valence-corrected chi connectivity index (χ4v) is 5.66. The third kappa shape index (κ3) is 9.21. The van der Waals surface area contributed by atoms with Crippen LogP contribution in [0.5, 0.6) is 5.75 Å².